The third-order valence-corrected chi connectivity index (χ3v) is 2.55. The molecule has 0 fully saturated rings. The summed E-state index contributed by atoms with van der Waals surface area (Å²) in [7, 11) is 0. The van der Waals surface area contributed by atoms with E-state index in [0.29, 0.717) is 12.4 Å². The average Bonchev–Trinajstić information content (AvgIpc) is 2.21. The number of benzene rings is 1. The maximum Gasteiger partial charge on any atom is 0.291 e. The average molecular weight is 264 g/mol. The Hall–Kier alpha value is -1.000. The van der Waals surface area contributed by atoms with Gasteiger partial charge < -0.3 is 4.74 Å². The highest BCUT2D eigenvalue weighted by Gasteiger charge is 2.16. The van der Waals surface area contributed by atoms with Crippen molar-refractivity contribution in [3.05, 3.63) is 32.3 Å². The van der Waals surface area contributed by atoms with Crippen LogP contribution in [0.25, 0.3) is 0 Å². The molecular weight excluding hydrogens is 253 g/mol. The molecule has 0 saturated heterocycles. The van der Waals surface area contributed by atoms with Crippen molar-refractivity contribution in [3.8, 4) is 5.75 Å². The molecular formula is C10H11Cl2NO3. The van der Waals surface area contributed by atoms with Crippen molar-refractivity contribution in [2.75, 3.05) is 6.61 Å². The molecule has 0 aromatic heterocycles. The van der Waals surface area contributed by atoms with Gasteiger partial charge in [-0.05, 0) is 12.5 Å². The fourth-order valence-electron chi connectivity index (χ4n) is 1.10. The van der Waals surface area contributed by atoms with E-state index in [9.17, 15) is 10.1 Å². The Labute approximate surface area is 103 Å². The number of unbranched alkanes of at least 4 members (excludes halogenated alkanes) is 1. The van der Waals surface area contributed by atoms with Gasteiger partial charge in [0.2, 0.25) is 0 Å². The van der Waals surface area contributed by atoms with Crippen LogP contribution >= 0.6 is 23.2 Å². The van der Waals surface area contributed by atoms with Crippen molar-refractivity contribution in [1.29, 1.82) is 0 Å². The van der Waals surface area contributed by atoms with Crippen molar-refractivity contribution < 1.29 is 9.66 Å². The molecule has 1 aromatic carbocycles. The molecule has 1 aromatic rings. The van der Waals surface area contributed by atoms with Crippen molar-refractivity contribution in [2.45, 2.75) is 19.8 Å². The number of halogens is 2. The van der Waals surface area contributed by atoms with E-state index in [1.54, 1.807) is 0 Å². The van der Waals surface area contributed by atoms with E-state index in [0.717, 1.165) is 12.8 Å². The standard InChI is InChI=1S/C10H11Cl2NO3/c1-2-3-4-16-10-6-9(13(14)15)7(11)5-8(10)12/h5-6H,2-4H2,1H3. The second kappa shape index (κ2) is 5.92. The van der Waals surface area contributed by atoms with Gasteiger partial charge in [0.25, 0.3) is 5.69 Å². The van der Waals surface area contributed by atoms with E-state index in [2.05, 4.69) is 0 Å². The predicted molar refractivity (Wildman–Crippen MR) is 63.5 cm³/mol. The molecule has 0 radical (unpaired) electrons. The van der Waals surface area contributed by atoms with Crippen LogP contribution in [0, 0.1) is 10.1 Å². The normalized spacial score (nSPS) is 10.2. The van der Waals surface area contributed by atoms with Crippen LogP contribution in [0.1, 0.15) is 19.8 Å². The SMILES string of the molecule is CCCCOc1cc([N+](=O)[O-])c(Cl)cc1Cl. The number of hydrogen-bond donors (Lipinski definition) is 0. The minimum atomic E-state index is -0.564. The van der Waals surface area contributed by atoms with Gasteiger partial charge in [0.1, 0.15) is 10.8 Å². The van der Waals surface area contributed by atoms with E-state index in [1.807, 2.05) is 6.92 Å². The van der Waals surface area contributed by atoms with Crippen LogP contribution in [0.3, 0.4) is 0 Å². The zero-order chi connectivity index (χ0) is 12.1. The van der Waals surface area contributed by atoms with E-state index < -0.39 is 4.92 Å². The molecule has 0 unspecified atom stereocenters. The van der Waals surface area contributed by atoms with Gasteiger partial charge in [0.15, 0.2) is 0 Å². The van der Waals surface area contributed by atoms with E-state index >= 15 is 0 Å². The number of hydrogen-bond acceptors (Lipinski definition) is 3. The Bertz CT molecular complexity index is 396. The Kier molecular flexibility index (Phi) is 4.83. The Morgan fingerprint density at radius 1 is 1.38 bits per heavy atom. The summed E-state index contributed by atoms with van der Waals surface area (Å²) in [5, 5.41) is 10.9. The summed E-state index contributed by atoms with van der Waals surface area (Å²) >= 11 is 11.5. The zero-order valence-corrected chi connectivity index (χ0v) is 10.2. The fraction of sp³-hybridized carbons (Fsp3) is 0.400. The second-order valence-electron chi connectivity index (χ2n) is 3.19. The van der Waals surface area contributed by atoms with Crippen LogP contribution in [0.2, 0.25) is 10.0 Å². The smallest absolute Gasteiger partial charge is 0.291 e. The molecule has 0 atom stereocenters. The second-order valence-corrected chi connectivity index (χ2v) is 4.01. The first-order valence-corrected chi connectivity index (χ1v) is 5.58. The Morgan fingerprint density at radius 3 is 2.62 bits per heavy atom. The van der Waals surface area contributed by atoms with E-state index in [-0.39, 0.29) is 15.7 Å². The van der Waals surface area contributed by atoms with Crippen LogP contribution < -0.4 is 4.74 Å². The number of nitro groups is 1. The molecule has 0 bridgehead atoms. The van der Waals surface area contributed by atoms with Gasteiger partial charge in [0, 0.05) is 0 Å². The minimum absolute atomic E-state index is 0.0119. The molecule has 16 heavy (non-hydrogen) atoms. The van der Waals surface area contributed by atoms with Crippen molar-refractivity contribution in [1.82, 2.24) is 0 Å². The number of nitro benzene ring substituents is 1. The van der Waals surface area contributed by atoms with Gasteiger partial charge in [-0.15, -0.1) is 0 Å². The molecule has 1 rings (SSSR count). The third kappa shape index (κ3) is 3.25. The molecule has 0 aliphatic rings. The molecule has 0 amide bonds. The van der Waals surface area contributed by atoms with E-state index in [4.69, 9.17) is 27.9 Å². The lowest BCUT2D eigenvalue weighted by Crippen LogP contribution is -1.98. The maximum atomic E-state index is 10.6. The molecule has 0 aliphatic heterocycles. The van der Waals surface area contributed by atoms with Crippen LogP contribution in [-0.4, -0.2) is 11.5 Å². The van der Waals surface area contributed by atoms with E-state index in [1.165, 1.54) is 12.1 Å². The molecule has 0 saturated carbocycles. The summed E-state index contributed by atoms with van der Waals surface area (Å²) in [6.45, 7) is 2.50. The molecule has 6 heteroatoms. The molecule has 4 nitrogen and oxygen atoms in total. The lowest BCUT2D eigenvalue weighted by atomic mass is 10.3. The van der Waals surface area contributed by atoms with Crippen molar-refractivity contribution >= 4 is 28.9 Å². The Morgan fingerprint density at radius 2 is 2.06 bits per heavy atom. The summed E-state index contributed by atoms with van der Waals surface area (Å²) in [5.41, 5.74) is -0.197. The van der Waals surface area contributed by atoms with Gasteiger partial charge in [-0.25, -0.2) is 0 Å². The largest absolute Gasteiger partial charge is 0.492 e. The molecule has 0 N–H and O–H groups in total. The summed E-state index contributed by atoms with van der Waals surface area (Å²) in [6, 6.07) is 2.57. The summed E-state index contributed by atoms with van der Waals surface area (Å²) in [5.74, 6) is 0.297. The first-order chi connectivity index (χ1) is 7.56. The lowest BCUT2D eigenvalue weighted by molar-refractivity contribution is -0.384. The van der Waals surface area contributed by atoms with Crippen molar-refractivity contribution in [3.63, 3.8) is 0 Å². The quantitative estimate of drug-likeness (QED) is 0.457. The van der Waals surface area contributed by atoms with Crippen LogP contribution in [-0.2, 0) is 0 Å². The molecule has 0 heterocycles. The van der Waals surface area contributed by atoms with Gasteiger partial charge in [-0.2, -0.15) is 0 Å². The molecule has 0 aliphatic carbocycles. The molecule has 0 spiro atoms. The Balaban J connectivity index is 2.91. The highest BCUT2D eigenvalue weighted by Crippen LogP contribution is 2.35. The highest BCUT2D eigenvalue weighted by atomic mass is 35.5. The first kappa shape index (κ1) is 13.1. The summed E-state index contributed by atoms with van der Waals surface area (Å²) in [4.78, 5) is 10.1. The van der Waals surface area contributed by atoms with Gasteiger partial charge in [0.05, 0.1) is 22.6 Å². The van der Waals surface area contributed by atoms with Gasteiger partial charge in [-0.1, -0.05) is 36.5 Å². The highest BCUT2D eigenvalue weighted by molar-refractivity contribution is 6.36. The number of ether oxygens (including phenoxy) is 1. The van der Waals surface area contributed by atoms with Crippen LogP contribution in [0.5, 0.6) is 5.75 Å². The van der Waals surface area contributed by atoms with Crippen LogP contribution in [0.4, 0.5) is 5.69 Å². The summed E-state index contributed by atoms with van der Waals surface area (Å²) < 4.78 is 5.33. The maximum absolute atomic E-state index is 10.6. The summed E-state index contributed by atoms with van der Waals surface area (Å²) in [6.07, 6.45) is 1.85. The first-order valence-electron chi connectivity index (χ1n) is 4.82. The fourth-order valence-corrected chi connectivity index (χ4v) is 1.60. The zero-order valence-electron chi connectivity index (χ0n) is 8.70. The number of nitrogens with zero attached hydrogens (tertiary/aromatic N) is 1. The predicted octanol–water partition coefficient (Wildman–Crippen LogP) is 4.08. The monoisotopic (exact) mass is 263 g/mol. The lowest BCUT2D eigenvalue weighted by Gasteiger charge is -2.07. The van der Waals surface area contributed by atoms with Crippen molar-refractivity contribution in [2.24, 2.45) is 0 Å². The van der Waals surface area contributed by atoms with Gasteiger partial charge >= 0.3 is 0 Å². The minimum Gasteiger partial charge on any atom is -0.492 e. The topological polar surface area (TPSA) is 52.4 Å². The van der Waals surface area contributed by atoms with Crippen LogP contribution in [0.15, 0.2) is 12.1 Å². The van der Waals surface area contributed by atoms with Gasteiger partial charge in [-0.3, -0.25) is 10.1 Å². The number of rotatable bonds is 5. The molecule has 88 valence electrons. The third-order valence-electron chi connectivity index (χ3n) is 1.95.